The summed E-state index contributed by atoms with van der Waals surface area (Å²) in [6.45, 7) is 2.33. The van der Waals surface area contributed by atoms with E-state index >= 15 is 0 Å². The summed E-state index contributed by atoms with van der Waals surface area (Å²) in [5.74, 6) is 0.603. The Balaban J connectivity index is 1.29. The van der Waals surface area contributed by atoms with Crippen LogP contribution in [0.3, 0.4) is 0 Å². The third kappa shape index (κ3) is 2.74. The van der Waals surface area contributed by atoms with Gasteiger partial charge in [-0.15, -0.1) is 0 Å². The van der Waals surface area contributed by atoms with Gasteiger partial charge in [-0.25, -0.2) is 4.79 Å². The Kier molecular flexibility index (Phi) is 3.80. The fourth-order valence-electron chi connectivity index (χ4n) is 4.52. The van der Waals surface area contributed by atoms with Gasteiger partial charge in [0.1, 0.15) is 0 Å². The van der Waals surface area contributed by atoms with Gasteiger partial charge in [0.25, 0.3) is 0 Å². The van der Waals surface area contributed by atoms with Crippen LogP contribution < -0.4 is 5.32 Å². The molecule has 1 saturated heterocycles. The minimum atomic E-state index is 0.0360. The summed E-state index contributed by atoms with van der Waals surface area (Å²) in [4.78, 5) is 14.0. The first kappa shape index (κ1) is 15.0. The van der Waals surface area contributed by atoms with Gasteiger partial charge < -0.3 is 15.0 Å². The fourth-order valence-corrected chi connectivity index (χ4v) is 4.52. The molecule has 1 saturated carbocycles. The number of nitrogens with zero attached hydrogens (tertiary/aromatic N) is 1. The Bertz CT molecular complexity index is 597. The number of benzene rings is 1. The molecule has 1 spiro atoms. The van der Waals surface area contributed by atoms with E-state index in [1.165, 1.54) is 30.4 Å². The number of carbonyl (C=O) groups is 1. The van der Waals surface area contributed by atoms with E-state index in [1.807, 2.05) is 7.05 Å². The SMILES string of the molecule is CN(C[C@@H]1CCCO1)C(=O)NC[C@H]1C[C@]12CCc1ccccc12. The van der Waals surface area contributed by atoms with Crippen LogP contribution >= 0.6 is 0 Å². The zero-order valence-corrected chi connectivity index (χ0v) is 13.9. The summed E-state index contributed by atoms with van der Waals surface area (Å²) in [6.07, 6.45) is 6.07. The molecule has 1 N–H and O–H groups in total. The van der Waals surface area contributed by atoms with Crippen molar-refractivity contribution in [3.8, 4) is 0 Å². The van der Waals surface area contributed by atoms with E-state index in [-0.39, 0.29) is 12.1 Å². The normalized spacial score (nSPS) is 31.2. The van der Waals surface area contributed by atoms with Crippen LogP contribution in [0.4, 0.5) is 4.79 Å². The maximum absolute atomic E-state index is 12.3. The predicted molar refractivity (Wildman–Crippen MR) is 89.6 cm³/mol. The first-order valence-electron chi connectivity index (χ1n) is 8.88. The lowest BCUT2D eigenvalue weighted by Crippen LogP contribution is -2.42. The van der Waals surface area contributed by atoms with Crippen molar-refractivity contribution in [2.45, 2.75) is 43.6 Å². The highest BCUT2D eigenvalue weighted by atomic mass is 16.5. The van der Waals surface area contributed by atoms with E-state index in [9.17, 15) is 4.79 Å². The second-order valence-electron chi connectivity index (χ2n) is 7.42. The number of likely N-dealkylation sites (N-methyl/N-ethyl adjacent to an activating group) is 1. The number of hydrogen-bond acceptors (Lipinski definition) is 2. The molecule has 2 aliphatic carbocycles. The van der Waals surface area contributed by atoms with Crippen molar-refractivity contribution < 1.29 is 9.53 Å². The largest absolute Gasteiger partial charge is 0.376 e. The lowest BCUT2D eigenvalue weighted by molar-refractivity contribution is 0.0874. The zero-order chi connectivity index (χ0) is 15.9. The number of carbonyl (C=O) groups excluding carboxylic acids is 1. The van der Waals surface area contributed by atoms with Gasteiger partial charge in [0, 0.05) is 32.2 Å². The zero-order valence-electron chi connectivity index (χ0n) is 13.9. The summed E-state index contributed by atoms with van der Waals surface area (Å²) in [6, 6.07) is 8.86. The topological polar surface area (TPSA) is 41.6 Å². The third-order valence-electron chi connectivity index (χ3n) is 5.97. The van der Waals surface area contributed by atoms with Crippen LogP contribution in [-0.2, 0) is 16.6 Å². The first-order chi connectivity index (χ1) is 11.2. The van der Waals surface area contributed by atoms with Crippen LogP contribution in [0.1, 0.15) is 36.8 Å². The fraction of sp³-hybridized carbons (Fsp3) is 0.632. The van der Waals surface area contributed by atoms with Crippen molar-refractivity contribution >= 4 is 6.03 Å². The number of hydrogen-bond donors (Lipinski definition) is 1. The Hall–Kier alpha value is -1.55. The lowest BCUT2D eigenvalue weighted by atomic mass is 9.95. The van der Waals surface area contributed by atoms with Gasteiger partial charge >= 0.3 is 6.03 Å². The molecule has 4 nitrogen and oxygen atoms in total. The number of rotatable bonds is 4. The molecule has 0 unspecified atom stereocenters. The van der Waals surface area contributed by atoms with Gasteiger partial charge in [0.2, 0.25) is 0 Å². The van der Waals surface area contributed by atoms with Crippen molar-refractivity contribution in [3.63, 3.8) is 0 Å². The Morgan fingerprint density at radius 3 is 3.13 bits per heavy atom. The molecule has 3 aliphatic rings. The first-order valence-corrected chi connectivity index (χ1v) is 8.88. The molecule has 1 aliphatic heterocycles. The van der Waals surface area contributed by atoms with E-state index in [1.54, 1.807) is 4.90 Å². The van der Waals surface area contributed by atoms with Crippen molar-refractivity contribution in [1.82, 2.24) is 10.2 Å². The maximum atomic E-state index is 12.3. The highest BCUT2D eigenvalue weighted by Gasteiger charge is 2.57. The van der Waals surface area contributed by atoms with Crippen LogP contribution in [0.25, 0.3) is 0 Å². The van der Waals surface area contributed by atoms with E-state index < -0.39 is 0 Å². The molecular weight excluding hydrogens is 288 g/mol. The van der Waals surface area contributed by atoms with Gasteiger partial charge in [0.15, 0.2) is 0 Å². The monoisotopic (exact) mass is 314 g/mol. The summed E-state index contributed by atoms with van der Waals surface area (Å²) in [7, 11) is 1.87. The van der Waals surface area contributed by atoms with E-state index in [0.29, 0.717) is 17.9 Å². The smallest absolute Gasteiger partial charge is 0.317 e. The number of aryl methyl sites for hydroxylation is 1. The van der Waals surface area contributed by atoms with E-state index in [2.05, 4.69) is 29.6 Å². The Morgan fingerprint density at radius 1 is 1.43 bits per heavy atom. The quantitative estimate of drug-likeness (QED) is 0.928. The van der Waals surface area contributed by atoms with Crippen molar-refractivity contribution in [1.29, 1.82) is 0 Å². The molecule has 1 heterocycles. The molecule has 3 atom stereocenters. The number of urea groups is 1. The molecule has 0 radical (unpaired) electrons. The molecule has 23 heavy (non-hydrogen) atoms. The van der Waals surface area contributed by atoms with Gasteiger partial charge in [-0.05, 0) is 49.1 Å². The van der Waals surface area contributed by atoms with Crippen LogP contribution in [0.5, 0.6) is 0 Å². The van der Waals surface area contributed by atoms with Crippen molar-refractivity contribution in [2.24, 2.45) is 5.92 Å². The standard InChI is InChI=1S/C19H26N2O2/c1-21(13-16-6-4-10-23-16)18(22)20-12-15-11-19(15)9-8-14-5-2-3-7-17(14)19/h2-3,5,7,15-16H,4,6,8-13H2,1H3,(H,20,22)/t15-,16+,19-/m1/s1. The molecule has 1 aromatic carbocycles. The molecule has 2 amide bonds. The van der Waals surface area contributed by atoms with Crippen molar-refractivity contribution in [2.75, 3.05) is 26.7 Å². The van der Waals surface area contributed by atoms with Crippen LogP contribution in [0, 0.1) is 5.92 Å². The molecular formula is C19H26N2O2. The van der Waals surface area contributed by atoms with Gasteiger partial charge in [-0.3, -0.25) is 0 Å². The van der Waals surface area contributed by atoms with Gasteiger partial charge in [-0.2, -0.15) is 0 Å². The average molecular weight is 314 g/mol. The number of ether oxygens (including phenoxy) is 1. The minimum Gasteiger partial charge on any atom is -0.376 e. The number of nitrogens with one attached hydrogen (secondary N) is 1. The Morgan fingerprint density at radius 2 is 2.30 bits per heavy atom. The second kappa shape index (κ2) is 5.82. The van der Waals surface area contributed by atoms with Crippen LogP contribution in [-0.4, -0.2) is 43.8 Å². The predicted octanol–water partition coefficient (Wildman–Crippen LogP) is 2.71. The molecule has 4 rings (SSSR count). The minimum absolute atomic E-state index is 0.0360. The maximum Gasteiger partial charge on any atom is 0.317 e. The molecule has 0 aromatic heterocycles. The summed E-state index contributed by atoms with van der Waals surface area (Å²) >= 11 is 0. The van der Waals surface area contributed by atoms with E-state index in [0.717, 1.165) is 26.0 Å². The summed E-state index contributed by atoms with van der Waals surface area (Å²) in [5, 5.41) is 3.13. The summed E-state index contributed by atoms with van der Waals surface area (Å²) in [5.41, 5.74) is 3.40. The van der Waals surface area contributed by atoms with Gasteiger partial charge in [-0.1, -0.05) is 24.3 Å². The van der Waals surface area contributed by atoms with Gasteiger partial charge in [0.05, 0.1) is 6.10 Å². The average Bonchev–Trinajstić information content (AvgIpc) is 2.87. The van der Waals surface area contributed by atoms with Crippen molar-refractivity contribution in [3.05, 3.63) is 35.4 Å². The molecule has 0 bridgehead atoms. The highest BCUT2D eigenvalue weighted by molar-refractivity contribution is 5.74. The molecule has 1 aromatic rings. The van der Waals surface area contributed by atoms with Crippen LogP contribution in [0.15, 0.2) is 24.3 Å². The van der Waals surface area contributed by atoms with Crippen LogP contribution in [0.2, 0.25) is 0 Å². The lowest BCUT2D eigenvalue weighted by Gasteiger charge is -2.21. The molecule has 4 heteroatoms. The van der Waals surface area contributed by atoms with E-state index in [4.69, 9.17) is 4.74 Å². The molecule has 2 fully saturated rings. The number of fused-ring (bicyclic) bond motifs is 2. The molecule has 124 valence electrons. The Labute approximate surface area is 138 Å². The summed E-state index contributed by atoms with van der Waals surface area (Å²) < 4.78 is 5.61. The third-order valence-corrected chi connectivity index (χ3v) is 5.97. The second-order valence-corrected chi connectivity index (χ2v) is 7.42. The number of amides is 2. The highest BCUT2D eigenvalue weighted by Crippen LogP contribution is 2.61.